The lowest BCUT2D eigenvalue weighted by molar-refractivity contribution is 0.102. The van der Waals surface area contributed by atoms with Crippen LogP contribution in [0.4, 0.5) is 5.69 Å². The number of benzene rings is 2. The third-order valence-electron chi connectivity index (χ3n) is 3.08. The highest BCUT2D eigenvalue weighted by Crippen LogP contribution is 2.23. The fourth-order valence-electron chi connectivity index (χ4n) is 1.98. The average molecular weight is 416 g/mol. The van der Waals surface area contributed by atoms with Gasteiger partial charge < -0.3 is 10.1 Å². The zero-order valence-electron chi connectivity index (χ0n) is 12.1. The molecule has 0 bridgehead atoms. The average Bonchev–Trinajstić information content (AvgIpc) is 2.57. The van der Waals surface area contributed by atoms with E-state index in [2.05, 4.69) is 32.9 Å². The number of anilines is 1. The van der Waals surface area contributed by atoms with E-state index in [1.165, 1.54) is 0 Å². The molecule has 0 atom stereocenters. The first-order chi connectivity index (χ1) is 11.2. The van der Waals surface area contributed by atoms with Gasteiger partial charge in [0.2, 0.25) is 0 Å². The third kappa shape index (κ3) is 4.29. The van der Waals surface area contributed by atoms with E-state index in [4.69, 9.17) is 4.74 Å². The van der Waals surface area contributed by atoms with Crippen molar-refractivity contribution >= 4 is 34.2 Å². The van der Waals surface area contributed by atoms with Crippen LogP contribution < -0.4 is 10.1 Å². The molecule has 1 amide bonds. The number of nitrogens with zero attached hydrogens (tertiary/aromatic N) is 1. The van der Waals surface area contributed by atoms with Gasteiger partial charge in [-0.3, -0.25) is 9.78 Å². The van der Waals surface area contributed by atoms with E-state index in [1.807, 2.05) is 30.3 Å². The van der Waals surface area contributed by atoms with Crippen LogP contribution in [0.5, 0.6) is 11.5 Å². The predicted molar refractivity (Wildman–Crippen MR) is 97.9 cm³/mol. The summed E-state index contributed by atoms with van der Waals surface area (Å²) in [4.78, 5) is 16.2. The van der Waals surface area contributed by atoms with Crippen molar-refractivity contribution in [1.82, 2.24) is 4.98 Å². The van der Waals surface area contributed by atoms with Crippen LogP contribution >= 0.6 is 22.6 Å². The van der Waals surface area contributed by atoms with E-state index in [9.17, 15) is 4.79 Å². The second kappa shape index (κ2) is 7.23. The summed E-state index contributed by atoms with van der Waals surface area (Å²) in [6, 6.07) is 18.2. The van der Waals surface area contributed by atoms with E-state index < -0.39 is 0 Å². The number of nitrogens with one attached hydrogen (secondary N) is 1. The number of pyridine rings is 1. The normalized spacial score (nSPS) is 10.1. The van der Waals surface area contributed by atoms with Gasteiger partial charge >= 0.3 is 0 Å². The maximum absolute atomic E-state index is 12.2. The van der Waals surface area contributed by atoms with E-state index >= 15 is 0 Å². The molecule has 114 valence electrons. The van der Waals surface area contributed by atoms with E-state index in [0.717, 1.165) is 3.57 Å². The highest BCUT2D eigenvalue weighted by Gasteiger charge is 2.06. The summed E-state index contributed by atoms with van der Waals surface area (Å²) in [5.74, 6) is 1.19. The van der Waals surface area contributed by atoms with Gasteiger partial charge in [-0.15, -0.1) is 0 Å². The molecular weight excluding hydrogens is 403 g/mol. The van der Waals surface area contributed by atoms with Crippen molar-refractivity contribution in [2.75, 3.05) is 5.32 Å². The van der Waals surface area contributed by atoms with Crippen molar-refractivity contribution in [2.24, 2.45) is 0 Å². The molecule has 2 aromatic carbocycles. The molecule has 3 rings (SSSR count). The molecule has 4 nitrogen and oxygen atoms in total. The zero-order valence-corrected chi connectivity index (χ0v) is 14.2. The lowest BCUT2D eigenvalue weighted by Crippen LogP contribution is -2.11. The van der Waals surface area contributed by atoms with Gasteiger partial charge in [0.25, 0.3) is 5.91 Å². The minimum Gasteiger partial charge on any atom is -0.457 e. The minimum absolute atomic E-state index is 0.150. The Bertz CT molecular complexity index is 805. The molecule has 0 unspecified atom stereocenters. The first kappa shape index (κ1) is 15.5. The first-order valence-corrected chi connectivity index (χ1v) is 8.03. The Kier molecular flexibility index (Phi) is 4.87. The molecule has 0 aliphatic rings. The molecule has 1 heterocycles. The Morgan fingerprint density at radius 1 is 0.957 bits per heavy atom. The maximum atomic E-state index is 12.2. The van der Waals surface area contributed by atoms with E-state index in [-0.39, 0.29) is 5.91 Å². The van der Waals surface area contributed by atoms with Gasteiger partial charge in [-0.25, -0.2) is 0 Å². The molecule has 0 radical (unpaired) electrons. The number of amides is 1. The lowest BCUT2D eigenvalue weighted by atomic mass is 10.2. The summed E-state index contributed by atoms with van der Waals surface area (Å²) >= 11 is 2.21. The highest BCUT2D eigenvalue weighted by atomic mass is 127. The second-order valence-electron chi connectivity index (χ2n) is 4.77. The number of hydrogen-bond donors (Lipinski definition) is 1. The second-order valence-corrected chi connectivity index (χ2v) is 6.02. The van der Waals surface area contributed by atoms with Crippen LogP contribution in [0, 0.1) is 3.57 Å². The Hall–Kier alpha value is -2.41. The summed E-state index contributed by atoms with van der Waals surface area (Å²) in [6.45, 7) is 0. The van der Waals surface area contributed by atoms with Crippen molar-refractivity contribution in [1.29, 1.82) is 0 Å². The zero-order chi connectivity index (χ0) is 16.1. The molecule has 1 aromatic heterocycles. The number of halogens is 1. The first-order valence-electron chi connectivity index (χ1n) is 6.95. The predicted octanol–water partition coefficient (Wildman–Crippen LogP) is 4.73. The summed E-state index contributed by atoms with van der Waals surface area (Å²) in [5.41, 5.74) is 1.30. The van der Waals surface area contributed by atoms with Crippen molar-refractivity contribution in [3.05, 3.63) is 82.2 Å². The van der Waals surface area contributed by atoms with Crippen molar-refractivity contribution in [2.45, 2.75) is 0 Å². The Balaban J connectivity index is 1.72. The number of aromatic nitrogens is 1. The number of carbonyl (C=O) groups excluding carboxylic acids is 1. The minimum atomic E-state index is -0.150. The van der Waals surface area contributed by atoms with Crippen LogP contribution in [-0.4, -0.2) is 10.9 Å². The number of hydrogen-bond acceptors (Lipinski definition) is 3. The van der Waals surface area contributed by atoms with Gasteiger partial charge in [-0.2, -0.15) is 0 Å². The van der Waals surface area contributed by atoms with Crippen LogP contribution in [0.3, 0.4) is 0 Å². The van der Waals surface area contributed by atoms with Crippen molar-refractivity contribution in [3.8, 4) is 11.5 Å². The van der Waals surface area contributed by atoms with Gasteiger partial charge in [-0.05, 0) is 71.1 Å². The van der Waals surface area contributed by atoms with Gasteiger partial charge in [0.15, 0.2) is 0 Å². The SMILES string of the molecule is O=C(Nc1cccc(Oc2ccncc2)c1)c1ccc(I)cc1. The van der Waals surface area contributed by atoms with Crippen molar-refractivity contribution < 1.29 is 9.53 Å². The lowest BCUT2D eigenvalue weighted by Gasteiger charge is -2.09. The molecule has 0 aliphatic carbocycles. The Labute approximate surface area is 147 Å². The number of carbonyl (C=O) groups is 1. The van der Waals surface area contributed by atoms with E-state index in [1.54, 1.807) is 42.7 Å². The standard InChI is InChI=1S/C18H13IN2O2/c19-14-6-4-13(5-7-14)18(22)21-15-2-1-3-17(12-15)23-16-8-10-20-11-9-16/h1-12H,(H,21,22). The Morgan fingerprint density at radius 3 is 2.43 bits per heavy atom. The molecule has 0 fully saturated rings. The smallest absolute Gasteiger partial charge is 0.255 e. The fourth-order valence-corrected chi connectivity index (χ4v) is 2.34. The van der Waals surface area contributed by atoms with Crippen LogP contribution in [0.25, 0.3) is 0 Å². The Morgan fingerprint density at radius 2 is 1.70 bits per heavy atom. The molecule has 0 saturated carbocycles. The maximum Gasteiger partial charge on any atom is 0.255 e. The molecule has 0 saturated heterocycles. The van der Waals surface area contributed by atoms with Crippen LogP contribution in [0.2, 0.25) is 0 Å². The van der Waals surface area contributed by atoms with Gasteiger partial charge in [0.1, 0.15) is 11.5 Å². The molecule has 3 aromatic rings. The molecule has 5 heteroatoms. The quantitative estimate of drug-likeness (QED) is 0.626. The monoisotopic (exact) mass is 416 g/mol. The molecular formula is C18H13IN2O2. The highest BCUT2D eigenvalue weighted by molar-refractivity contribution is 14.1. The molecule has 0 aliphatic heterocycles. The van der Waals surface area contributed by atoms with Crippen molar-refractivity contribution in [3.63, 3.8) is 0 Å². The molecule has 23 heavy (non-hydrogen) atoms. The van der Waals surface area contributed by atoms with Crippen LogP contribution in [0.15, 0.2) is 73.1 Å². The summed E-state index contributed by atoms with van der Waals surface area (Å²) in [6.07, 6.45) is 3.33. The van der Waals surface area contributed by atoms with Gasteiger partial charge in [0.05, 0.1) is 0 Å². The number of ether oxygens (including phenoxy) is 1. The topological polar surface area (TPSA) is 51.2 Å². The largest absolute Gasteiger partial charge is 0.457 e. The van der Waals surface area contributed by atoms with Crippen LogP contribution in [0.1, 0.15) is 10.4 Å². The summed E-state index contributed by atoms with van der Waals surface area (Å²) in [5, 5.41) is 2.87. The van der Waals surface area contributed by atoms with Gasteiger partial charge in [-0.1, -0.05) is 6.07 Å². The van der Waals surface area contributed by atoms with E-state index in [0.29, 0.717) is 22.7 Å². The fraction of sp³-hybridized carbons (Fsp3) is 0. The van der Waals surface area contributed by atoms with Gasteiger partial charge in [0, 0.05) is 33.3 Å². The molecule has 1 N–H and O–H groups in total. The third-order valence-corrected chi connectivity index (χ3v) is 3.80. The summed E-state index contributed by atoms with van der Waals surface area (Å²) in [7, 11) is 0. The number of rotatable bonds is 4. The summed E-state index contributed by atoms with van der Waals surface area (Å²) < 4.78 is 6.82. The molecule has 0 spiro atoms. The van der Waals surface area contributed by atoms with Crippen LogP contribution in [-0.2, 0) is 0 Å².